The zero-order chi connectivity index (χ0) is 14.3. The molecular weight excluding hydrogens is 254 g/mol. The topological polar surface area (TPSA) is 90.4 Å². The quantitative estimate of drug-likeness (QED) is 0.849. The summed E-state index contributed by atoms with van der Waals surface area (Å²) < 4.78 is 0. The molecule has 1 aromatic rings. The van der Waals surface area contributed by atoms with Gasteiger partial charge in [0.25, 0.3) is 0 Å². The number of piperidine rings is 1. The Bertz CT molecular complexity index is 563. The van der Waals surface area contributed by atoms with Gasteiger partial charge in [-0.15, -0.1) is 0 Å². The molecule has 0 radical (unpaired) electrons. The van der Waals surface area contributed by atoms with Crippen LogP contribution in [0.5, 0.6) is 5.75 Å². The highest BCUT2D eigenvalue weighted by Gasteiger charge is 2.54. The number of benzene rings is 1. The van der Waals surface area contributed by atoms with Crippen molar-refractivity contribution in [2.24, 2.45) is 11.7 Å². The summed E-state index contributed by atoms with van der Waals surface area (Å²) in [6, 6.07) is 8.17. The van der Waals surface area contributed by atoms with Crippen molar-refractivity contribution in [3.8, 4) is 11.8 Å². The molecule has 2 fully saturated rings. The molecule has 1 aromatic carbocycles. The van der Waals surface area contributed by atoms with Crippen molar-refractivity contribution in [1.82, 2.24) is 4.90 Å². The molecule has 104 valence electrons. The van der Waals surface area contributed by atoms with E-state index in [1.807, 2.05) is 0 Å². The van der Waals surface area contributed by atoms with E-state index in [9.17, 15) is 9.90 Å². The van der Waals surface area contributed by atoms with Crippen LogP contribution in [0.1, 0.15) is 18.4 Å². The maximum absolute atomic E-state index is 12.4. The standard InChI is InChI=1S/C15H17N3O2/c16-8-11-6-10-7-14(10)18(11)15(20)13(17)5-9-1-3-12(19)4-2-9/h1-4,10-11,13-14,19H,5-7,17H2. The number of phenols is 1. The minimum atomic E-state index is -0.630. The van der Waals surface area contributed by atoms with Crippen LogP contribution < -0.4 is 5.73 Å². The minimum Gasteiger partial charge on any atom is -0.508 e. The second-order valence-electron chi connectivity index (χ2n) is 5.67. The van der Waals surface area contributed by atoms with Gasteiger partial charge < -0.3 is 15.7 Å². The van der Waals surface area contributed by atoms with Crippen LogP contribution in [0, 0.1) is 17.2 Å². The van der Waals surface area contributed by atoms with Crippen molar-refractivity contribution >= 4 is 5.91 Å². The molecule has 2 aliphatic rings. The molecule has 0 spiro atoms. The number of rotatable bonds is 3. The molecule has 1 saturated heterocycles. The lowest BCUT2D eigenvalue weighted by molar-refractivity contribution is -0.133. The van der Waals surface area contributed by atoms with Crippen LogP contribution in [-0.2, 0) is 11.2 Å². The molecule has 4 atom stereocenters. The SMILES string of the molecule is N#CC1CC2CC2N1C(=O)C(N)Cc1ccc(O)cc1. The Hall–Kier alpha value is -2.06. The van der Waals surface area contributed by atoms with E-state index in [0.717, 1.165) is 18.4 Å². The average Bonchev–Trinajstić information content (AvgIpc) is 3.11. The third-order valence-corrected chi connectivity index (χ3v) is 4.22. The van der Waals surface area contributed by atoms with Gasteiger partial charge in [0.1, 0.15) is 11.8 Å². The van der Waals surface area contributed by atoms with Crippen LogP contribution in [0.25, 0.3) is 0 Å². The summed E-state index contributed by atoms with van der Waals surface area (Å²) in [4.78, 5) is 14.1. The number of nitrogens with zero attached hydrogens (tertiary/aromatic N) is 2. The number of fused-ring (bicyclic) bond motifs is 1. The first-order valence-corrected chi connectivity index (χ1v) is 6.85. The van der Waals surface area contributed by atoms with Crippen molar-refractivity contribution < 1.29 is 9.90 Å². The molecule has 20 heavy (non-hydrogen) atoms. The molecule has 5 nitrogen and oxygen atoms in total. The Morgan fingerprint density at radius 1 is 1.45 bits per heavy atom. The van der Waals surface area contributed by atoms with E-state index < -0.39 is 6.04 Å². The smallest absolute Gasteiger partial charge is 0.241 e. The number of likely N-dealkylation sites (tertiary alicyclic amines) is 1. The zero-order valence-corrected chi connectivity index (χ0v) is 11.1. The molecule has 5 heteroatoms. The lowest BCUT2D eigenvalue weighted by Gasteiger charge is -2.26. The van der Waals surface area contributed by atoms with Crippen LogP contribution in [0.3, 0.4) is 0 Å². The predicted molar refractivity (Wildman–Crippen MR) is 72.5 cm³/mol. The molecule has 1 amide bonds. The van der Waals surface area contributed by atoms with Gasteiger partial charge in [-0.3, -0.25) is 4.79 Å². The molecule has 1 heterocycles. The van der Waals surface area contributed by atoms with E-state index >= 15 is 0 Å². The lowest BCUT2D eigenvalue weighted by atomic mass is 10.0. The number of nitrogens with two attached hydrogens (primary N) is 1. The molecule has 3 rings (SSSR count). The van der Waals surface area contributed by atoms with Crippen molar-refractivity contribution in [1.29, 1.82) is 5.26 Å². The van der Waals surface area contributed by atoms with Crippen LogP contribution in [0.2, 0.25) is 0 Å². The van der Waals surface area contributed by atoms with Gasteiger partial charge >= 0.3 is 0 Å². The average molecular weight is 271 g/mol. The van der Waals surface area contributed by atoms with E-state index in [1.165, 1.54) is 0 Å². The first-order valence-electron chi connectivity index (χ1n) is 6.85. The Kier molecular flexibility index (Phi) is 3.11. The van der Waals surface area contributed by atoms with Gasteiger partial charge in [-0.25, -0.2) is 0 Å². The Morgan fingerprint density at radius 2 is 2.15 bits per heavy atom. The Morgan fingerprint density at radius 3 is 2.80 bits per heavy atom. The molecular formula is C15H17N3O2. The second kappa shape index (κ2) is 4.80. The summed E-state index contributed by atoms with van der Waals surface area (Å²) in [5.74, 6) is 0.567. The van der Waals surface area contributed by atoms with Crippen molar-refractivity contribution in [3.05, 3.63) is 29.8 Å². The highest BCUT2D eigenvalue weighted by atomic mass is 16.3. The Balaban J connectivity index is 1.67. The van der Waals surface area contributed by atoms with Gasteiger partial charge in [-0.05, 0) is 42.9 Å². The van der Waals surface area contributed by atoms with Gasteiger partial charge in [0, 0.05) is 6.04 Å². The van der Waals surface area contributed by atoms with Gasteiger partial charge in [-0.1, -0.05) is 12.1 Å². The number of amides is 1. The van der Waals surface area contributed by atoms with Crippen LogP contribution in [-0.4, -0.2) is 34.0 Å². The van der Waals surface area contributed by atoms with Gasteiger partial charge in [-0.2, -0.15) is 5.26 Å². The van der Waals surface area contributed by atoms with Crippen molar-refractivity contribution in [2.45, 2.75) is 37.4 Å². The zero-order valence-electron chi connectivity index (χ0n) is 11.1. The van der Waals surface area contributed by atoms with Crippen molar-refractivity contribution in [3.63, 3.8) is 0 Å². The first kappa shape index (κ1) is 12.9. The summed E-state index contributed by atoms with van der Waals surface area (Å²) in [6.07, 6.45) is 2.22. The van der Waals surface area contributed by atoms with E-state index in [0.29, 0.717) is 12.3 Å². The summed E-state index contributed by atoms with van der Waals surface area (Å²) >= 11 is 0. The van der Waals surface area contributed by atoms with Gasteiger partial charge in [0.15, 0.2) is 0 Å². The largest absolute Gasteiger partial charge is 0.508 e. The molecule has 0 bridgehead atoms. The number of carbonyl (C=O) groups is 1. The first-order chi connectivity index (χ1) is 9.60. The highest BCUT2D eigenvalue weighted by Crippen LogP contribution is 2.47. The summed E-state index contributed by atoms with van der Waals surface area (Å²) in [7, 11) is 0. The predicted octanol–water partition coefficient (Wildman–Crippen LogP) is 0.775. The van der Waals surface area contributed by atoms with E-state index in [1.54, 1.807) is 29.2 Å². The maximum atomic E-state index is 12.4. The monoisotopic (exact) mass is 271 g/mol. The number of phenolic OH excluding ortho intramolecular Hbond substituents is 1. The Labute approximate surface area is 117 Å². The van der Waals surface area contributed by atoms with Gasteiger partial charge in [0.05, 0.1) is 12.1 Å². The molecule has 3 N–H and O–H groups in total. The van der Waals surface area contributed by atoms with E-state index in [-0.39, 0.29) is 23.7 Å². The number of hydrogen-bond acceptors (Lipinski definition) is 4. The highest BCUT2D eigenvalue weighted by molar-refractivity contribution is 5.83. The molecule has 0 aromatic heterocycles. The molecule has 1 saturated carbocycles. The number of carbonyl (C=O) groups excluding carboxylic acids is 1. The van der Waals surface area contributed by atoms with Crippen LogP contribution in [0.4, 0.5) is 0 Å². The third-order valence-electron chi connectivity index (χ3n) is 4.22. The van der Waals surface area contributed by atoms with E-state index in [4.69, 9.17) is 11.0 Å². The second-order valence-corrected chi connectivity index (χ2v) is 5.67. The van der Waals surface area contributed by atoms with Crippen molar-refractivity contribution in [2.75, 3.05) is 0 Å². The van der Waals surface area contributed by atoms with Crippen LogP contribution >= 0.6 is 0 Å². The molecule has 4 unspecified atom stereocenters. The van der Waals surface area contributed by atoms with Gasteiger partial charge in [0.2, 0.25) is 5.91 Å². The number of nitriles is 1. The maximum Gasteiger partial charge on any atom is 0.241 e. The fourth-order valence-electron chi connectivity index (χ4n) is 3.05. The summed E-state index contributed by atoms with van der Waals surface area (Å²) in [5, 5.41) is 18.4. The fraction of sp³-hybridized carbons (Fsp3) is 0.467. The molecule has 1 aliphatic carbocycles. The number of hydrogen-bond donors (Lipinski definition) is 2. The van der Waals surface area contributed by atoms with E-state index in [2.05, 4.69) is 6.07 Å². The molecule has 1 aliphatic heterocycles. The lowest BCUT2D eigenvalue weighted by Crippen LogP contribution is -2.48. The normalized spacial score (nSPS) is 28.6. The third kappa shape index (κ3) is 2.23. The summed E-state index contributed by atoms with van der Waals surface area (Å²) in [6.45, 7) is 0. The minimum absolute atomic E-state index is 0.130. The number of aromatic hydroxyl groups is 1. The fourth-order valence-corrected chi connectivity index (χ4v) is 3.05. The van der Waals surface area contributed by atoms with Crippen LogP contribution in [0.15, 0.2) is 24.3 Å². The summed E-state index contributed by atoms with van der Waals surface area (Å²) in [5.41, 5.74) is 6.91.